The molecule has 1 aromatic heterocycles. The van der Waals surface area contributed by atoms with Crippen LogP contribution in [0.1, 0.15) is 43.1 Å². The Balaban J connectivity index is 1.83. The Morgan fingerprint density at radius 3 is 2.94 bits per heavy atom. The third kappa shape index (κ3) is 3.06. The predicted molar refractivity (Wildman–Crippen MR) is 63.5 cm³/mol. The minimum absolute atomic E-state index is 0.213. The third-order valence-electron chi connectivity index (χ3n) is 3.53. The van der Waals surface area contributed by atoms with Crippen LogP contribution in [0.25, 0.3) is 0 Å². The summed E-state index contributed by atoms with van der Waals surface area (Å²) in [5.74, 6) is 0.466. The topological polar surface area (TPSA) is 78.0 Å². The van der Waals surface area contributed by atoms with Crippen molar-refractivity contribution >= 4 is 5.91 Å². The number of nitrogens with zero attached hydrogens (tertiary/aromatic N) is 1. The van der Waals surface area contributed by atoms with Gasteiger partial charge in [0, 0.05) is 12.7 Å². The largest absolute Gasteiger partial charge is 0.388 e. The van der Waals surface area contributed by atoms with Crippen molar-refractivity contribution in [3.05, 3.63) is 18.0 Å². The fraction of sp³-hybridized carbons (Fsp3) is 0.667. The van der Waals surface area contributed by atoms with Crippen molar-refractivity contribution in [2.45, 2.75) is 38.2 Å². The van der Waals surface area contributed by atoms with Gasteiger partial charge in [0.15, 0.2) is 0 Å². The van der Waals surface area contributed by atoms with E-state index in [9.17, 15) is 9.90 Å². The molecule has 0 aliphatic heterocycles. The Hall–Kier alpha value is -1.36. The zero-order valence-electron chi connectivity index (χ0n) is 10.1. The summed E-state index contributed by atoms with van der Waals surface area (Å²) < 4.78 is 0. The van der Waals surface area contributed by atoms with E-state index in [0.29, 0.717) is 18.2 Å². The van der Waals surface area contributed by atoms with Crippen molar-refractivity contribution in [3.8, 4) is 0 Å². The maximum Gasteiger partial charge on any atom is 0.269 e. The molecule has 0 atom stereocenters. The third-order valence-corrected chi connectivity index (χ3v) is 3.53. The van der Waals surface area contributed by atoms with E-state index in [0.717, 1.165) is 25.7 Å². The first-order chi connectivity index (χ1) is 8.09. The standard InChI is InChI=1S/C12H19N3O2/c1-9-2-5-12(17,6-3-9)8-13-11(16)10-4-7-14-15-10/h4,7,9,17H,2-3,5-6,8H2,1H3,(H,13,16)(H,14,15). The molecular weight excluding hydrogens is 218 g/mol. The van der Waals surface area contributed by atoms with E-state index in [1.165, 1.54) is 6.20 Å². The van der Waals surface area contributed by atoms with Gasteiger partial charge < -0.3 is 10.4 Å². The number of carbonyl (C=O) groups is 1. The van der Waals surface area contributed by atoms with Gasteiger partial charge in [0.1, 0.15) is 5.69 Å². The lowest BCUT2D eigenvalue weighted by molar-refractivity contribution is -0.00543. The molecule has 17 heavy (non-hydrogen) atoms. The van der Waals surface area contributed by atoms with Crippen molar-refractivity contribution in [3.63, 3.8) is 0 Å². The molecule has 2 rings (SSSR count). The summed E-state index contributed by atoms with van der Waals surface area (Å²) in [7, 11) is 0. The van der Waals surface area contributed by atoms with E-state index in [-0.39, 0.29) is 5.91 Å². The molecule has 0 unspecified atom stereocenters. The molecule has 1 aromatic rings. The molecule has 0 saturated heterocycles. The van der Waals surface area contributed by atoms with Crippen LogP contribution in [0.5, 0.6) is 0 Å². The van der Waals surface area contributed by atoms with Crippen LogP contribution in [0, 0.1) is 5.92 Å². The molecule has 94 valence electrons. The van der Waals surface area contributed by atoms with Gasteiger partial charge in [0.2, 0.25) is 0 Å². The fourth-order valence-electron chi connectivity index (χ4n) is 2.20. The minimum atomic E-state index is -0.734. The number of aromatic amines is 1. The first kappa shape index (κ1) is 12.1. The maximum absolute atomic E-state index is 11.7. The van der Waals surface area contributed by atoms with E-state index in [1.807, 2.05) is 0 Å². The molecule has 0 aromatic carbocycles. The number of hydrogen-bond acceptors (Lipinski definition) is 3. The molecule has 0 radical (unpaired) electrons. The lowest BCUT2D eigenvalue weighted by atomic mass is 9.79. The number of aromatic nitrogens is 2. The Morgan fingerprint density at radius 1 is 1.65 bits per heavy atom. The van der Waals surface area contributed by atoms with Gasteiger partial charge in [0.05, 0.1) is 5.60 Å². The van der Waals surface area contributed by atoms with E-state index in [1.54, 1.807) is 6.07 Å². The fourth-order valence-corrected chi connectivity index (χ4v) is 2.20. The van der Waals surface area contributed by atoms with Gasteiger partial charge in [-0.25, -0.2) is 0 Å². The second-order valence-electron chi connectivity index (χ2n) is 5.06. The molecule has 1 heterocycles. The van der Waals surface area contributed by atoms with Crippen molar-refractivity contribution in [2.24, 2.45) is 5.92 Å². The molecule has 0 bridgehead atoms. The number of aliphatic hydroxyl groups is 1. The van der Waals surface area contributed by atoms with Gasteiger partial charge in [-0.15, -0.1) is 0 Å². The summed E-state index contributed by atoms with van der Waals surface area (Å²) in [5.41, 5.74) is -0.305. The summed E-state index contributed by atoms with van der Waals surface area (Å²) in [6.07, 6.45) is 5.10. The van der Waals surface area contributed by atoms with Gasteiger partial charge in [0.25, 0.3) is 5.91 Å². The van der Waals surface area contributed by atoms with Crippen LogP contribution < -0.4 is 5.32 Å². The summed E-state index contributed by atoms with van der Waals surface area (Å²) in [5, 5.41) is 19.4. The smallest absolute Gasteiger partial charge is 0.269 e. The highest BCUT2D eigenvalue weighted by Gasteiger charge is 2.32. The van der Waals surface area contributed by atoms with Gasteiger partial charge in [-0.2, -0.15) is 5.10 Å². The lowest BCUT2D eigenvalue weighted by Crippen LogP contribution is -2.45. The van der Waals surface area contributed by atoms with Crippen LogP contribution >= 0.6 is 0 Å². The Bertz CT molecular complexity index is 367. The molecule has 5 nitrogen and oxygen atoms in total. The second kappa shape index (κ2) is 4.87. The number of hydrogen-bond donors (Lipinski definition) is 3. The molecule has 1 aliphatic carbocycles. The Labute approximate surface area is 101 Å². The zero-order chi connectivity index (χ0) is 12.3. The van der Waals surface area contributed by atoms with Gasteiger partial charge >= 0.3 is 0 Å². The van der Waals surface area contributed by atoms with Crippen molar-refractivity contribution in [2.75, 3.05) is 6.54 Å². The van der Waals surface area contributed by atoms with Crippen molar-refractivity contribution in [1.29, 1.82) is 0 Å². The number of carbonyl (C=O) groups excluding carboxylic acids is 1. The van der Waals surface area contributed by atoms with Crippen LogP contribution in [0.4, 0.5) is 0 Å². The summed E-state index contributed by atoms with van der Waals surface area (Å²) in [6, 6.07) is 1.61. The van der Waals surface area contributed by atoms with E-state index >= 15 is 0 Å². The predicted octanol–water partition coefficient (Wildman–Crippen LogP) is 1.08. The van der Waals surface area contributed by atoms with E-state index < -0.39 is 5.60 Å². The molecule has 0 spiro atoms. The maximum atomic E-state index is 11.7. The van der Waals surface area contributed by atoms with Gasteiger partial charge in [-0.1, -0.05) is 6.92 Å². The van der Waals surface area contributed by atoms with Gasteiger partial charge in [-0.05, 0) is 37.7 Å². The van der Waals surface area contributed by atoms with Gasteiger partial charge in [-0.3, -0.25) is 9.89 Å². The highest BCUT2D eigenvalue weighted by atomic mass is 16.3. The number of H-pyrrole nitrogens is 1. The SMILES string of the molecule is CC1CCC(O)(CNC(=O)c2ccn[nH]2)CC1. The molecule has 1 amide bonds. The summed E-state index contributed by atoms with van der Waals surface area (Å²) >= 11 is 0. The normalized spacial score (nSPS) is 28.9. The highest BCUT2D eigenvalue weighted by Crippen LogP contribution is 2.31. The molecule has 1 saturated carbocycles. The monoisotopic (exact) mass is 237 g/mol. The number of nitrogens with one attached hydrogen (secondary N) is 2. The Morgan fingerprint density at radius 2 is 2.35 bits per heavy atom. The summed E-state index contributed by atoms with van der Waals surface area (Å²) in [4.78, 5) is 11.7. The molecular formula is C12H19N3O2. The van der Waals surface area contributed by atoms with E-state index in [4.69, 9.17) is 0 Å². The Kier molecular flexibility index (Phi) is 3.47. The minimum Gasteiger partial charge on any atom is -0.388 e. The second-order valence-corrected chi connectivity index (χ2v) is 5.06. The van der Waals surface area contributed by atoms with Crippen LogP contribution in [0.3, 0.4) is 0 Å². The highest BCUT2D eigenvalue weighted by molar-refractivity contribution is 5.92. The van der Waals surface area contributed by atoms with Crippen LogP contribution in [-0.2, 0) is 0 Å². The first-order valence-corrected chi connectivity index (χ1v) is 6.09. The average molecular weight is 237 g/mol. The van der Waals surface area contributed by atoms with Crippen molar-refractivity contribution < 1.29 is 9.90 Å². The average Bonchev–Trinajstić information content (AvgIpc) is 2.84. The van der Waals surface area contributed by atoms with E-state index in [2.05, 4.69) is 22.4 Å². The number of rotatable bonds is 3. The van der Waals surface area contributed by atoms with Crippen LogP contribution in [0.15, 0.2) is 12.3 Å². The summed E-state index contributed by atoms with van der Waals surface area (Å²) in [6.45, 7) is 2.51. The molecule has 1 fully saturated rings. The first-order valence-electron chi connectivity index (χ1n) is 6.09. The quantitative estimate of drug-likeness (QED) is 0.736. The molecule has 5 heteroatoms. The molecule has 1 aliphatic rings. The number of amides is 1. The molecule has 3 N–H and O–H groups in total. The van der Waals surface area contributed by atoms with Crippen LogP contribution in [0.2, 0.25) is 0 Å². The van der Waals surface area contributed by atoms with Crippen molar-refractivity contribution in [1.82, 2.24) is 15.5 Å². The zero-order valence-corrected chi connectivity index (χ0v) is 10.1. The van der Waals surface area contributed by atoms with Crippen LogP contribution in [-0.4, -0.2) is 33.4 Å². The lowest BCUT2D eigenvalue weighted by Gasteiger charge is -2.34.